The summed E-state index contributed by atoms with van der Waals surface area (Å²) in [7, 11) is 0. The van der Waals surface area contributed by atoms with Crippen LogP contribution < -0.4 is 19.6 Å². The van der Waals surface area contributed by atoms with E-state index in [1.807, 2.05) is 30.5 Å². The van der Waals surface area contributed by atoms with Gasteiger partial charge in [0.15, 0.2) is 11.6 Å². The minimum Gasteiger partial charge on any atom is -0.355 e. The Kier molecular flexibility index (Phi) is 9.05. The SMILES string of the molecule is N#CC1CCN(c2nccnc2C2CN(c3ccc4ccc([N+]#CC5CCN(c6nccnc6C6CN(c7ncc8ccncc8n7)C6)CC5)c(F)c4n3)C2)CC1. The van der Waals surface area contributed by atoms with Crippen molar-refractivity contribution in [3.05, 3.63) is 95.8 Å². The van der Waals surface area contributed by atoms with E-state index >= 15 is 4.39 Å². The Morgan fingerprint density at radius 1 is 0.632 bits per heavy atom. The highest BCUT2D eigenvalue weighted by atomic mass is 19.1. The van der Waals surface area contributed by atoms with Crippen molar-refractivity contribution in [2.45, 2.75) is 37.5 Å². The third-order valence-electron chi connectivity index (χ3n) is 11.8. The molecule has 284 valence electrons. The van der Waals surface area contributed by atoms with E-state index in [2.05, 4.69) is 51.5 Å². The van der Waals surface area contributed by atoms with Crippen LogP contribution in [0, 0.1) is 35.1 Å². The summed E-state index contributed by atoms with van der Waals surface area (Å²) in [5.41, 5.74) is 3.36. The smallest absolute Gasteiger partial charge is 0.355 e. The van der Waals surface area contributed by atoms with Crippen molar-refractivity contribution in [3.63, 3.8) is 0 Å². The lowest BCUT2D eigenvalue weighted by atomic mass is 9.94. The van der Waals surface area contributed by atoms with Crippen LogP contribution in [-0.2, 0) is 0 Å². The first-order valence-electron chi connectivity index (χ1n) is 19.7. The van der Waals surface area contributed by atoms with E-state index in [0.29, 0.717) is 11.5 Å². The number of pyridine rings is 2. The predicted molar refractivity (Wildman–Crippen MR) is 215 cm³/mol. The first-order valence-corrected chi connectivity index (χ1v) is 19.7. The van der Waals surface area contributed by atoms with Crippen LogP contribution >= 0.6 is 0 Å². The van der Waals surface area contributed by atoms with Crippen molar-refractivity contribution in [2.75, 3.05) is 72.0 Å². The van der Waals surface area contributed by atoms with E-state index in [1.54, 1.807) is 43.2 Å². The molecular formula is C42H40FN14+. The molecule has 0 saturated carbocycles. The molecule has 4 fully saturated rings. The van der Waals surface area contributed by atoms with Gasteiger partial charge in [0, 0.05) is 124 Å². The van der Waals surface area contributed by atoms with Crippen molar-refractivity contribution >= 4 is 50.9 Å². The van der Waals surface area contributed by atoms with Gasteiger partial charge in [-0.3, -0.25) is 15.0 Å². The second kappa shape index (κ2) is 14.8. The zero-order valence-electron chi connectivity index (χ0n) is 31.4. The number of nitrogens with zero attached hydrogens (tertiary/aromatic N) is 14. The summed E-state index contributed by atoms with van der Waals surface area (Å²) in [6, 6.07) is 15.0. The van der Waals surface area contributed by atoms with Gasteiger partial charge in [-0.15, -0.1) is 0 Å². The monoisotopic (exact) mass is 759 g/mol. The number of aromatic nitrogens is 8. The largest absolute Gasteiger partial charge is 0.377 e. The lowest BCUT2D eigenvalue weighted by Crippen LogP contribution is -2.47. The molecule has 0 unspecified atom stereocenters. The summed E-state index contributed by atoms with van der Waals surface area (Å²) in [5, 5.41) is 11.0. The fourth-order valence-electron chi connectivity index (χ4n) is 8.41. The van der Waals surface area contributed by atoms with Crippen molar-refractivity contribution in [1.82, 2.24) is 39.9 Å². The average molecular weight is 760 g/mol. The number of piperidine rings is 2. The molecule has 57 heavy (non-hydrogen) atoms. The number of hydrogen-bond donors (Lipinski definition) is 0. The number of halogens is 1. The molecule has 0 aliphatic carbocycles. The number of fused-ring (bicyclic) bond motifs is 2. The summed E-state index contributed by atoms with van der Waals surface area (Å²) < 4.78 is 16.0. The topological polar surface area (TPSA) is 144 Å². The molecule has 4 saturated heterocycles. The maximum Gasteiger partial charge on any atom is 0.377 e. The Balaban J connectivity index is 0.770. The first-order chi connectivity index (χ1) is 28.1. The van der Waals surface area contributed by atoms with Gasteiger partial charge in [0.1, 0.15) is 11.3 Å². The van der Waals surface area contributed by atoms with Gasteiger partial charge in [-0.25, -0.2) is 24.9 Å². The highest BCUT2D eigenvalue weighted by molar-refractivity contribution is 5.85. The van der Waals surface area contributed by atoms with Gasteiger partial charge in [-0.1, -0.05) is 0 Å². The molecule has 0 atom stereocenters. The van der Waals surface area contributed by atoms with Crippen molar-refractivity contribution in [2.24, 2.45) is 11.8 Å². The molecule has 9 heterocycles. The Labute approximate surface area is 328 Å². The minimum absolute atomic E-state index is 0.0937. The highest BCUT2D eigenvalue weighted by Crippen LogP contribution is 2.38. The molecular weight excluding hydrogens is 720 g/mol. The molecule has 0 N–H and O–H groups in total. The fourth-order valence-corrected chi connectivity index (χ4v) is 8.41. The molecule has 4 aliphatic rings. The van der Waals surface area contributed by atoms with Gasteiger partial charge in [-0.2, -0.15) is 9.65 Å². The number of benzene rings is 1. The van der Waals surface area contributed by atoms with Crippen molar-refractivity contribution < 1.29 is 4.39 Å². The number of nitriles is 1. The zero-order chi connectivity index (χ0) is 38.3. The molecule has 14 nitrogen and oxygen atoms in total. The van der Waals surface area contributed by atoms with E-state index in [0.717, 1.165) is 123 Å². The number of rotatable bonds is 6. The third-order valence-corrected chi connectivity index (χ3v) is 11.8. The normalized spacial score (nSPS) is 18.2. The summed E-state index contributed by atoms with van der Waals surface area (Å²) in [6.07, 6.45) is 15.7. The average Bonchev–Trinajstić information content (AvgIpc) is 3.23. The van der Waals surface area contributed by atoms with Crippen LogP contribution in [-0.4, -0.2) is 92.2 Å². The molecule has 0 amide bonds. The van der Waals surface area contributed by atoms with E-state index in [1.165, 1.54) is 0 Å². The van der Waals surface area contributed by atoms with Crippen molar-refractivity contribution in [1.29, 1.82) is 5.26 Å². The standard InChI is InChI=1S/C42H40FN14/c43-36-33(3-1-29-2-4-35(53-37(29)36)56-23-31(24-56)38-40(48-13-11-46-38)54-15-6-27(19-44)7-16-54)50-20-28-8-17-55(18-9-28)41-39(47-12-14-49-41)32-25-57(26-32)42-51-21-30-5-10-45-22-34(30)52-42/h1-5,10-14,21-22,27-28,31-32H,6-9,15-18,23-26H2/q+1. The summed E-state index contributed by atoms with van der Waals surface area (Å²) in [5.74, 6) is 3.46. The second-order valence-corrected chi connectivity index (χ2v) is 15.4. The van der Waals surface area contributed by atoms with Crippen LogP contribution in [0.25, 0.3) is 26.7 Å². The maximum atomic E-state index is 16.0. The van der Waals surface area contributed by atoms with Crippen LogP contribution in [0.15, 0.2) is 73.7 Å². The molecule has 6 aromatic rings. The van der Waals surface area contributed by atoms with Crippen LogP contribution in [0.2, 0.25) is 0 Å². The first kappa shape index (κ1) is 34.8. The Bertz CT molecular complexity index is 2560. The molecule has 10 rings (SSSR count). The Morgan fingerprint density at radius 2 is 1.26 bits per heavy atom. The van der Waals surface area contributed by atoms with Crippen LogP contribution in [0.5, 0.6) is 0 Å². The zero-order valence-corrected chi connectivity index (χ0v) is 31.4. The minimum atomic E-state index is -0.433. The van der Waals surface area contributed by atoms with Gasteiger partial charge in [0.05, 0.1) is 35.1 Å². The van der Waals surface area contributed by atoms with E-state index in [9.17, 15) is 5.26 Å². The molecule has 0 radical (unpaired) electrons. The summed E-state index contributed by atoms with van der Waals surface area (Å²) in [6.45, 7) is 6.17. The van der Waals surface area contributed by atoms with Crippen LogP contribution in [0.1, 0.15) is 48.9 Å². The van der Waals surface area contributed by atoms with Crippen LogP contribution in [0.3, 0.4) is 0 Å². The number of hydrogen-bond acceptors (Lipinski definition) is 13. The van der Waals surface area contributed by atoms with Crippen LogP contribution in [0.4, 0.5) is 33.5 Å². The van der Waals surface area contributed by atoms with Crippen molar-refractivity contribution in [3.8, 4) is 12.1 Å². The van der Waals surface area contributed by atoms with Gasteiger partial charge >= 0.3 is 5.69 Å². The fraction of sp³-hybridized carbons (Fsp3) is 0.381. The predicted octanol–water partition coefficient (Wildman–Crippen LogP) is 6.12. The number of anilines is 4. The van der Waals surface area contributed by atoms with Gasteiger partial charge < -0.3 is 19.6 Å². The van der Waals surface area contributed by atoms with E-state index < -0.39 is 5.82 Å². The highest BCUT2D eigenvalue weighted by Gasteiger charge is 2.36. The van der Waals surface area contributed by atoms with Gasteiger partial charge in [0.2, 0.25) is 11.8 Å². The lowest BCUT2D eigenvalue weighted by molar-refractivity contribution is 0.473. The molecule has 1 aromatic carbocycles. The van der Waals surface area contributed by atoms with Gasteiger partial charge in [0.25, 0.3) is 6.07 Å². The molecule has 15 heteroatoms. The maximum absolute atomic E-state index is 16.0. The third kappa shape index (κ3) is 6.73. The summed E-state index contributed by atoms with van der Waals surface area (Å²) >= 11 is 0. The second-order valence-electron chi connectivity index (χ2n) is 15.4. The lowest BCUT2D eigenvalue weighted by Gasteiger charge is -2.41. The molecule has 0 bridgehead atoms. The molecule has 5 aromatic heterocycles. The molecule has 4 aliphatic heterocycles. The van der Waals surface area contributed by atoms with E-state index in [4.69, 9.17) is 24.9 Å². The summed E-state index contributed by atoms with van der Waals surface area (Å²) in [4.78, 5) is 50.6. The van der Waals surface area contributed by atoms with E-state index in [-0.39, 0.29) is 29.4 Å². The Morgan fingerprint density at radius 3 is 1.95 bits per heavy atom. The quantitative estimate of drug-likeness (QED) is 0.193. The van der Waals surface area contributed by atoms with Gasteiger partial charge in [-0.05, 0) is 54.8 Å². The molecule has 0 spiro atoms. The Hall–Kier alpha value is -6.61.